The van der Waals surface area contributed by atoms with Crippen molar-refractivity contribution in [3.05, 3.63) is 51.9 Å². The highest BCUT2D eigenvalue weighted by Gasteiger charge is 2.02. The van der Waals surface area contributed by atoms with Gasteiger partial charge >= 0.3 is 0 Å². The van der Waals surface area contributed by atoms with E-state index < -0.39 is 0 Å². The van der Waals surface area contributed by atoms with E-state index in [1.807, 2.05) is 31.2 Å². The molecule has 0 atom stereocenters. The van der Waals surface area contributed by atoms with Crippen LogP contribution in [-0.2, 0) is 12.2 Å². The molecule has 1 aromatic heterocycles. The van der Waals surface area contributed by atoms with Gasteiger partial charge in [0.15, 0.2) is 5.16 Å². The molecule has 0 aliphatic heterocycles. The Balaban J connectivity index is 2.09. The van der Waals surface area contributed by atoms with E-state index in [2.05, 4.69) is 9.97 Å². The molecule has 19 heavy (non-hydrogen) atoms. The van der Waals surface area contributed by atoms with E-state index in [0.717, 1.165) is 29.2 Å². The van der Waals surface area contributed by atoms with E-state index in [1.54, 1.807) is 7.11 Å². The Labute approximate surface area is 116 Å². The third-order valence-corrected chi connectivity index (χ3v) is 3.59. The first-order chi connectivity index (χ1) is 9.21. The highest BCUT2D eigenvalue weighted by Crippen LogP contribution is 2.21. The summed E-state index contributed by atoms with van der Waals surface area (Å²) in [6.07, 6.45) is 0.761. The van der Waals surface area contributed by atoms with Gasteiger partial charge in [-0.05, 0) is 24.1 Å². The number of nitrogens with one attached hydrogen (secondary N) is 1. The van der Waals surface area contributed by atoms with Gasteiger partial charge in [0, 0.05) is 17.5 Å². The van der Waals surface area contributed by atoms with Crippen LogP contribution in [0.3, 0.4) is 0 Å². The molecular weight excluding hydrogens is 260 g/mol. The Bertz CT molecular complexity index is 610. The van der Waals surface area contributed by atoms with Gasteiger partial charge in [-0.3, -0.25) is 4.79 Å². The molecule has 0 spiro atoms. The van der Waals surface area contributed by atoms with Gasteiger partial charge in [-0.15, -0.1) is 0 Å². The van der Waals surface area contributed by atoms with Gasteiger partial charge in [0.25, 0.3) is 5.56 Å². The molecule has 0 aliphatic rings. The first-order valence-corrected chi connectivity index (χ1v) is 7.06. The minimum Gasteiger partial charge on any atom is -0.497 e. The fourth-order valence-corrected chi connectivity index (χ4v) is 2.48. The number of thioether (sulfide) groups is 1. The first-order valence-electron chi connectivity index (χ1n) is 6.07. The summed E-state index contributed by atoms with van der Waals surface area (Å²) in [6, 6.07) is 9.40. The van der Waals surface area contributed by atoms with Crippen LogP contribution in [0.1, 0.15) is 18.2 Å². The van der Waals surface area contributed by atoms with E-state index in [0.29, 0.717) is 5.16 Å². The number of aromatic amines is 1. The summed E-state index contributed by atoms with van der Waals surface area (Å²) in [4.78, 5) is 18.6. The molecule has 0 saturated carbocycles. The second-order valence-corrected chi connectivity index (χ2v) is 5.00. The molecule has 0 aliphatic carbocycles. The molecule has 4 nitrogen and oxygen atoms in total. The number of benzene rings is 1. The lowest BCUT2D eigenvalue weighted by Gasteiger charge is -2.05. The molecule has 0 saturated heterocycles. The lowest BCUT2D eigenvalue weighted by molar-refractivity contribution is 0.414. The van der Waals surface area contributed by atoms with Gasteiger partial charge in [0.1, 0.15) is 5.75 Å². The van der Waals surface area contributed by atoms with Crippen molar-refractivity contribution < 1.29 is 4.74 Å². The summed E-state index contributed by atoms with van der Waals surface area (Å²) in [6.45, 7) is 1.98. The van der Waals surface area contributed by atoms with Crippen LogP contribution in [0.4, 0.5) is 0 Å². The summed E-state index contributed by atoms with van der Waals surface area (Å²) in [5.74, 6) is 1.58. The number of nitrogens with zero attached hydrogens (tertiary/aromatic N) is 1. The van der Waals surface area contributed by atoms with Crippen LogP contribution in [0.25, 0.3) is 0 Å². The lowest BCUT2D eigenvalue weighted by atomic mass is 10.2. The third-order valence-electron chi connectivity index (χ3n) is 2.64. The maximum Gasteiger partial charge on any atom is 0.251 e. The van der Waals surface area contributed by atoms with Gasteiger partial charge in [-0.25, -0.2) is 4.98 Å². The molecule has 1 N–H and O–H groups in total. The molecule has 2 aromatic rings. The number of rotatable bonds is 5. The predicted octanol–water partition coefficient (Wildman–Crippen LogP) is 2.63. The standard InChI is InChI=1S/C14H16N2O2S/c1-3-11-8-13(17)16-14(15-11)19-9-10-5-4-6-12(7-10)18-2/h4-8H,3,9H2,1-2H3,(H,15,16,17). The van der Waals surface area contributed by atoms with E-state index in [1.165, 1.54) is 17.8 Å². The number of H-pyrrole nitrogens is 1. The second kappa shape index (κ2) is 6.43. The van der Waals surface area contributed by atoms with E-state index in [4.69, 9.17) is 4.74 Å². The van der Waals surface area contributed by atoms with Crippen LogP contribution < -0.4 is 10.3 Å². The van der Waals surface area contributed by atoms with Crippen molar-refractivity contribution in [1.29, 1.82) is 0 Å². The van der Waals surface area contributed by atoms with Gasteiger partial charge < -0.3 is 9.72 Å². The molecule has 2 rings (SSSR count). The number of ether oxygens (including phenoxy) is 1. The van der Waals surface area contributed by atoms with E-state index in [9.17, 15) is 4.79 Å². The van der Waals surface area contributed by atoms with Crippen molar-refractivity contribution in [3.8, 4) is 5.75 Å². The summed E-state index contributed by atoms with van der Waals surface area (Å²) in [5.41, 5.74) is 1.85. The second-order valence-electron chi connectivity index (χ2n) is 4.04. The van der Waals surface area contributed by atoms with E-state index >= 15 is 0 Å². The first kappa shape index (κ1) is 13.7. The van der Waals surface area contributed by atoms with Crippen molar-refractivity contribution >= 4 is 11.8 Å². The molecule has 100 valence electrons. The average molecular weight is 276 g/mol. The molecule has 1 aromatic carbocycles. The number of aryl methyl sites for hydroxylation is 1. The van der Waals surface area contributed by atoms with Crippen LogP contribution in [0, 0.1) is 0 Å². The monoisotopic (exact) mass is 276 g/mol. The number of aromatic nitrogens is 2. The molecule has 0 unspecified atom stereocenters. The number of methoxy groups -OCH3 is 1. The largest absolute Gasteiger partial charge is 0.497 e. The van der Waals surface area contributed by atoms with Gasteiger partial charge in [-0.1, -0.05) is 30.8 Å². The Morgan fingerprint density at radius 2 is 2.21 bits per heavy atom. The van der Waals surface area contributed by atoms with Crippen molar-refractivity contribution in [2.75, 3.05) is 7.11 Å². The SMILES string of the molecule is CCc1cc(=O)[nH]c(SCc2cccc(OC)c2)n1. The Morgan fingerprint density at radius 3 is 2.95 bits per heavy atom. The number of hydrogen-bond donors (Lipinski definition) is 1. The third kappa shape index (κ3) is 3.86. The Morgan fingerprint density at radius 1 is 1.37 bits per heavy atom. The molecule has 0 fully saturated rings. The highest BCUT2D eigenvalue weighted by molar-refractivity contribution is 7.98. The van der Waals surface area contributed by atoms with Crippen LogP contribution in [-0.4, -0.2) is 17.1 Å². The maximum absolute atomic E-state index is 11.5. The zero-order valence-electron chi connectivity index (χ0n) is 11.0. The normalized spacial score (nSPS) is 10.4. The summed E-state index contributed by atoms with van der Waals surface area (Å²) in [7, 11) is 1.65. The molecule has 0 radical (unpaired) electrons. The Kier molecular flexibility index (Phi) is 4.63. The fourth-order valence-electron chi connectivity index (χ4n) is 1.65. The summed E-state index contributed by atoms with van der Waals surface area (Å²) in [5, 5.41) is 0.659. The van der Waals surface area contributed by atoms with Crippen molar-refractivity contribution in [2.45, 2.75) is 24.3 Å². The quantitative estimate of drug-likeness (QED) is 0.674. The smallest absolute Gasteiger partial charge is 0.251 e. The predicted molar refractivity (Wildman–Crippen MR) is 76.8 cm³/mol. The molecular formula is C14H16N2O2S. The zero-order valence-corrected chi connectivity index (χ0v) is 11.8. The van der Waals surface area contributed by atoms with Gasteiger partial charge in [-0.2, -0.15) is 0 Å². The minimum atomic E-state index is -0.0972. The number of hydrogen-bond acceptors (Lipinski definition) is 4. The molecule has 5 heteroatoms. The summed E-state index contributed by atoms with van der Waals surface area (Å²) < 4.78 is 5.18. The van der Waals surface area contributed by atoms with Crippen LogP contribution >= 0.6 is 11.8 Å². The van der Waals surface area contributed by atoms with Crippen molar-refractivity contribution in [3.63, 3.8) is 0 Å². The zero-order chi connectivity index (χ0) is 13.7. The van der Waals surface area contributed by atoms with Gasteiger partial charge in [0.05, 0.1) is 7.11 Å². The van der Waals surface area contributed by atoms with Crippen molar-refractivity contribution in [1.82, 2.24) is 9.97 Å². The Hall–Kier alpha value is -1.75. The van der Waals surface area contributed by atoms with Crippen LogP contribution in [0.5, 0.6) is 5.75 Å². The van der Waals surface area contributed by atoms with Gasteiger partial charge in [0.2, 0.25) is 0 Å². The topological polar surface area (TPSA) is 55.0 Å². The lowest BCUT2D eigenvalue weighted by Crippen LogP contribution is -2.09. The van der Waals surface area contributed by atoms with Crippen LogP contribution in [0.2, 0.25) is 0 Å². The minimum absolute atomic E-state index is 0.0972. The molecule has 0 bridgehead atoms. The van der Waals surface area contributed by atoms with Crippen molar-refractivity contribution in [2.24, 2.45) is 0 Å². The van der Waals surface area contributed by atoms with E-state index in [-0.39, 0.29) is 5.56 Å². The van der Waals surface area contributed by atoms with Crippen LogP contribution in [0.15, 0.2) is 40.3 Å². The molecule has 0 amide bonds. The molecule has 1 heterocycles. The highest BCUT2D eigenvalue weighted by atomic mass is 32.2. The fraction of sp³-hybridized carbons (Fsp3) is 0.286. The summed E-state index contributed by atoms with van der Waals surface area (Å²) >= 11 is 1.51. The average Bonchev–Trinajstić information content (AvgIpc) is 2.44. The maximum atomic E-state index is 11.5.